The van der Waals surface area contributed by atoms with E-state index in [2.05, 4.69) is 31.9 Å². The van der Waals surface area contributed by atoms with Crippen molar-refractivity contribution in [3.8, 4) is 5.75 Å². The lowest BCUT2D eigenvalue weighted by Gasteiger charge is -2.13. The average Bonchev–Trinajstić information content (AvgIpc) is 2.74. The van der Waals surface area contributed by atoms with Crippen LogP contribution in [0.4, 0.5) is 4.39 Å². The first-order chi connectivity index (χ1) is 8.13. The van der Waals surface area contributed by atoms with Crippen molar-refractivity contribution in [3.05, 3.63) is 52.1 Å². The highest BCUT2D eigenvalue weighted by Crippen LogP contribution is 2.40. The highest BCUT2D eigenvalue weighted by Gasteiger charge is 2.20. The van der Waals surface area contributed by atoms with Crippen LogP contribution in [0.15, 0.2) is 39.6 Å². The molecule has 2 nitrogen and oxygen atoms in total. The van der Waals surface area contributed by atoms with Crippen molar-refractivity contribution in [1.82, 2.24) is 0 Å². The van der Waals surface area contributed by atoms with E-state index in [1.165, 1.54) is 12.1 Å². The minimum atomic E-state index is -0.301. The van der Waals surface area contributed by atoms with Crippen molar-refractivity contribution in [2.45, 2.75) is 4.83 Å². The van der Waals surface area contributed by atoms with Crippen LogP contribution < -0.4 is 4.74 Å². The van der Waals surface area contributed by atoms with E-state index >= 15 is 0 Å². The summed E-state index contributed by atoms with van der Waals surface area (Å²) in [5, 5.41) is 0. The van der Waals surface area contributed by atoms with Gasteiger partial charge in [0.2, 0.25) is 0 Å². The molecule has 0 aliphatic rings. The van der Waals surface area contributed by atoms with Gasteiger partial charge in [0, 0.05) is 11.1 Å². The number of halogens is 3. The number of benzene rings is 1. The smallest absolute Gasteiger partial charge is 0.173 e. The highest BCUT2D eigenvalue weighted by molar-refractivity contribution is 9.10. The second-order valence-corrected chi connectivity index (χ2v) is 5.03. The fraction of sp³-hybridized carbons (Fsp3) is 0.167. The Bertz CT molecular complexity index is 525. The van der Waals surface area contributed by atoms with Crippen LogP contribution in [-0.4, -0.2) is 7.11 Å². The summed E-state index contributed by atoms with van der Waals surface area (Å²) in [5.74, 6) is 0.325. The number of hydrogen-bond acceptors (Lipinski definition) is 2. The zero-order chi connectivity index (χ0) is 12.4. The minimum absolute atomic E-state index is 0.193. The highest BCUT2D eigenvalue weighted by atomic mass is 79.9. The van der Waals surface area contributed by atoms with Gasteiger partial charge < -0.3 is 9.15 Å². The van der Waals surface area contributed by atoms with Crippen LogP contribution in [0.1, 0.15) is 16.0 Å². The van der Waals surface area contributed by atoms with Crippen molar-refractivity contribution in [2.75, 3.05) is 7.11 Å². The predicted octanol–water partition coefficient (Wildman–Crippen LogP) is 4.67. The van der Waals surface area contributed by atoms with Gasteiger partial charge in [-0.25, -0.2) is 4.39 Å². The monoisotopic (exact) mass is 362 g/mol. The molecule has 2 rings (SSSR count). The summed E-state index contributed by atoms with van der Waals surface area (Å²) >= 11 is 6.81. The van der Waals surface area contributed by atoms with E-state index in [0.717, 1.165) is 11.1 Å². The largest absolute Gasteiger partial charge is 0.496 e. The summed E-state index contributed by atoms with van der Waals surface area (Å²) in [6.45, 7) is 0. The summed E-state index contributed by atoms with van der Waals surface area (Å²) < 4.78 is 24.3. The lowest BCUT2D eigenvalue weighted by Crippen LogP contribution is -1.97. The topological polar surface area (TPSA) is 22.4 Å². The third-order valence-corrected chi connectivity index (χ3v) is 4.02. The zero-order valence-electron chi connectivity index (χ0n) is 8.91. The van der Waals surface area contributed by atoms with Crippen LogP contribution >= 0.6 is 31.9 Å². The second kappa shape index (κ2) is 5.23. The third-order valence-electron chi connectivity index (χ3n) is 2.38. The number of furan rings is 1. The van der Waals surface area contributed by atoms with E-state index in [9.17, 15) is 4.39 Å². The number of methoxy groups -OCH3 is 1. The standard InChI is InChI=1S/C12H9Br2FO2/c1-16-10-3-2-7(15)6-9(10)11(13)8-4-5-17-12(8)14/h2-6,11H,1H3. The second-order valence-electron chi connectivity index (χ2n) is 3.40. The van der Waals surface area contributed by atoms with Crippen LogP contribution in [-0.2, 0) is 0 Å². The fourth-order valence-corrected chi connectivity index (χ4v) is 3.05. The number of ether oxygens (including phenoxy) is 1. The molecule has 0 aliphatic carbocycles. The minimum Gasteiger partial charge on any atom is -0.496 e. The number of hydrogen-bond donors (Lipinski definition) is 0. The van der Waals surface area contributed by atoms with Crippen molar-refractivity contribution < 1.29 is 13.5 Å². The molecule has 0 bridgehead atoms. The quantitative estimate of drug-likeness (QED) is 0.739. The molecule has 1 aromatic heterocycles. The molecule has 0 fully saturated rings. The molecule has 1 unspecified atom stereocenters. The molecule has 2 aromatic rings. The van der Waals surface area contributed by atoms with Gasteiger partial charge in [-0.2, -0.15) is 0 Å². The van der Waals surface area contributed by atoms with Gasteiger partial charge in [0.05, 0.1) is 18.2 Å². The van der Waals surface area contributed by atoms with Crippen LogP contribution in [0.3, 0.4) is 0 Å². The van der Waals surface area contributed by atoms with Crippen molar-refractivity contribution >= 4 is 31.9 Å². The molecular formula is C12H9Br2FO2. The van der Waals surface area contributed by atoms with E-state index < -0.39 is 0 Å². The van der Waals surface area contributed by atoms with Crippen molar-refractivity contribution in [2.24, 2.45) is 0 Å². The SMILES string of the molecule is COc1ccc(F)cc1C(Br)c1ccoc1Br. The van der Waals surface area contributed by atoms with E-state index in [0.29, 0.717) is 10.4 Å². The molecule has 0 amide bonds. The molecule has 90 valence electrons. The van der Waals surface area contributed by atoms with Crippen LogP contribution in [0, 0.1) is 5.82 Å². The Kier molecular flexibility index (Phi) is 3.89. The zero-order valence-corrected chi connectivity index (χ0v) is 12.1. The van der Waals surface area contributed by atoms with Gasteiger partial charge in [-0.05, 0) is 40.2 Å². The van der Waals surface area contributed by atoms with Gasteiger partial charge in [0.15, 0.2) is 4.67 Å². The fourth-order valence-electron chi connectivity index (χ4n) is 1.56. The molecule has 17 heavy (non-hydrogen) atoms. The molecule has 0 spiro atoms. The molecule has 1 heterocycles. The van der Waals surface area contributed by atoms with E-state index in [1.807, 2.05) is 6.07 Å². The Morgan fingerprint density at radius 2 is 2.06 bits per heavy atom. The number of alkyl halides is 1. The molecule has 0 saturated heterocycles. The van der Waals surface area contributed by atoms with Crippen LogP contribution in [0.5, 0.6) is 5.75 Å². The maximum atomic E-state index is 13.3. The van der Waals surface area contributed by atoms with Crippen LogP contribution in [0.25, 0.3) is 0 Å². The summed E-state index contributed by atoms with van der Waals surface area (Å²) in [5.41, 5.74) is 1.60. The first-order valence-electron chi connectivity index (χ1n) is 4.84. The summed E-state index contributed by atoms with van der Waals surface area (Å²) in [6, 6.07) is 6.23. The van der Waals surface area contributed by atoms with Crippen molar-refractivity contribution in [1.29, 1.82) is 0 Å². The summed E-state index contributed by atoms with van der Waals surface area (Å²) in [4.78, 5) is -0.193. The average molecular weight is 364 g/mol. The predicted molar refractivity (Wildman–Crippen MR) is 70.1 cm³/mol. The van der Waals surface area contributed by atoms with E-state index in [4.69, 9.17) is 9.15 Å². The molecular weight excluding hydrogens is 355 g/mol. The molecule has 0 saturated carbocycles. The van der Waals surface area contributed by atoms with Gasteiger partial charge in [0.1, 0.15) is 11.6 Å². The molecule has 1 aromatic carbocycles. The summed E-state index contributed by atoms with van der Waals surface area (Å²) in [6.07, 6.45) is 1.57. The van der Waals surface area contributed by atoms with Gasteiger partial charge in [0.25, 0.3) is 0 Å². The van der Waals surface area contributed by atoms with Crippen LogP contribution in [0.2, 0.25) is 0 Å². The molecule has 5 heteroatoms. The first-order valence-corrected chi connectivity index (χ1v) is 6.54. The normalized spacial score (nSPS) is 12.5. The van der Waals surface area contributed by atoms with E-state index in [-0.39, 0.29) is 10.6 Å². The maximum Gasteiger partial charge on any atom is 0.173 e. The Morgan fingerprint density at radius 3 is 2.65 bits per heavy atom. The maximum absolute atomic E-state index is 13.3. The lowest BCUT2D eigenvalue weighted by molar-refractivity contribution is 0.409. The van der Waals surface area contributed by atoms with Gasteiger partial charge in [-0.15, -0.1) is 0 Å². The van der Waals surface area contributed by atoms with Gasteiger partial charge in [-0.1, -0.05) is 15.9 Å². The third kappa shape index (κ3) is 2.55. The van der Waals surface area contributed by atoms with Gasteiger partial charge in [-0.3, -0.25) is 0 Å². The Hall–Kier alpha value is -0.810. The van der Waals surface area contributed by atoms with Crippen molar-refractivity contribution in [3.63, 3.8) is 0 Å². The molecule has 0 N–H and O–H groups in total. The first kappa shape index (κ1) is 12.6. The molecule has 0 aliphatic heterocycles. The Labute approximate surface area is 115 Å². The Morgan fingerprint density at radius 1 is 1.29 bits per heavy atom. The number of rotatable bonds is 3. The van der Waals surface area contributed by atoms with Gasteiger partial charge >= 0.3 is 0 Å². The Balaban J connectivity index is 2.46. The molecule has 0 radical (unpaired) electrons. The molecule has 1 atom stereocenters. The lowest BCUT2D eigenvalue weighted by atomic mass is 10.1. The van der Waals surface area contributed by atoms with E-state index in [1.54, 1.807) is 19.4 Å². The summed E-state index contributed by atoms with van der Waals surface area (Å²) in [7, 11) is 1.56.